The molecule has 0 atom stereocenters. The lowest BCUT2D eigenvalue weighted by atomic mass is 9.76. The van der Waals surface area contributed by atoms with Gasteiger partial charge in [-0.2, -0.15) is 37.8 Å². The normalized spacial score (nSPS) is 15.4. The Bertz CT molecular complexity index is 5910. The van der Waals surface area contributed by atoms with E-state index in [1.807, 2.05) is 0 Å². The number of hydrogen-bond acceptors (Lipinski definition) is 20. The number of fused-ring (bicyclic) bond motifs is 4. The molecule has 32 nitrogen and oxygen atoms in total. The Hall–Kier alpha value is -12.0. The topological polar surface area (TPSA) is 350 Å². The summed E-state index contributed by atoms with van der Waals surface area (Å²) >= 11 is 0. The summed E-state index contributed by atoms with van der Waals surface area (Å²) in [4.78, 5) is 184. The molecule has 16 aliphatic rings. The summed E-state index contributed by atoms with van der Waals surface area (Å²) in [6.45, 7) is 4.81. The molecule has 16 heterocycles. The van der Waals surface area contributed by atoms with E-state index in [9.17, 15) is 20.4 Å². The zero-order chi connectivity index (χ0) is 94.6. The van der Waals surface area contributed by atoms with Gasteiger partial charge in [-0.3, -0.25) is 56.6 Å². The molecule has 16 aliphatic heterocycles. The Kier molecular flexibility index (Phi) is 31.0. The van der Waals surface area contributed by atoms with Gasteiger partial charge in [0.1, 0.15) is 0 Å². The highest BCUT2D eigenvalue weighted by molar-refractivity contribution is 5.64. The van der Waals surface area contributed by atoms with Crippen LogP contribution in [0.15, 0.2) is 136 Å². The lowest BCUT2D eigenvalue weighted by Crippen LogP contribution is -2.29. The summed E-state index contributed by atoms with van der Waals surface area (Å²) in [6.07, 6.45) is 48.7. The second kappa shape index (κ2) is 44.0. The van der Waals surface area contributed by atoms with Gasteiger partial charge in [-0.25, -0.2) is 0 Å². The molecule has 4 aromatic rings. The highest BCUT2D eigenvalue weighted by Crippen LogP contribution is 2.55. The van der Waals surface area contributed by atoms with Crippen molar-refractivity contribution in [3.8, 4) is 46.0 Å². The number of nitrogens with zero attached hydrogens (tertiary/aromatic N) is 12. The fourth-order valence-electron chi connectivity index (χ4n) is 21.3. The first kappa shape index (κ1) is 95.7. The second-order valence-corrected chi connectivity index (χ2v) is 37.7. The first-order valence-electron chi connectivity index (χ1n) is 50.6. The van der Waals surface area contributed by atoms with Crippen LogP contribution in [0.4, 0.5) is 0 Å². The van der Waals surface area contributed by atoms with Crippen LogP contribution in [0, 0.1) is 42.8 Å². The Morgan fingerprint density at radius 1 is 0.199 bits per heavy atom. The SMILES string of the molecule is CCCCCCCCCCCC1c2cc3c4cc2On2ccn(c5c(=O)n(CCO)c(=O)c2=5)Oc2cc5c(cc21)C(CCCCCCCCCCC)c1cc2c(cc1On1ccn(c6c(=O)n(CCO)c(=O)c1=6)O5)On1ccn(c5c(=O)n(CCO)c(=O)c1=5)Oc1cc(c(cc1C2CCCCCCCCCCC)C3CCCCCCCCCCC)On1ccn(c2c(=O)n(CCO)c(=O)c1=2)O4. The predicted molar refractivity (Wildman–Crippen MR) is 510 cm³/mol. The molecule has 4 N–H and O–H groups in total. The molecule has 20 rings (SSSR count). The van der Waals surface area contributed by atoms with Gasteiger partial charge < -0.3 is 59.1 Å². The summed E-state index contributed by atoms with van der Waals surface area (Å²) in [5, 5.41) is 40.7. The minimum atomic E-state index is -0.824. The molecule has 0 saturated carbocycles. The van der Waals surface area contributed by atoms with E-state index in [0.29, 0.717) is 95.9 Å². The van der Waals surface area contributed by atoms with E-state index in [2.05, 4.69) is 52.0 Å². The number of aromatic nitrogens is 12. The number of aliphatic hydroxyl groups excluding tert-OH is 4. The third-order valence-electron chi connectivity index (χ3n) is 28.4. The van der Waals surface area contributed by atoms with Crippen LogP contribution in [-0.2, 0) is 26.2 Å². The second-order valence-electron chi connectivity index (χ2n) is 37.7. The lowest BCUT2D eigenvalue weighted by molar-refractivity contribution is 0.163. The van der Waals surface area contributed by atoms with Crippen molar-refractivity contribution in [1.29, 1.82) is 0 Å². The van der Waals surface area contributed by atoms with Crippen LogP contribution in [0.3, 0.4) is 0 Å². The minimum absolute atomic E-state index is 0.114. The van der Waals surface area contributed by atoms with E-state index in [1.165, 1.54) is 87.4 Å². The van der Waals surface area contributed by atoms with Gasteiger partial charge >= 0.3 is 0 Å². The van der Waals surface area contributed by atoms with Gasteiger partial charge in [0, 0.05) is 92.4 Å². The molecule has 32 heteroatoms. The average molecular weight is 1870 g/mol. The van der Waals surface area contributed by atoms with Crippen LogP contribution in [-0.4, -0.2) is 103 Å². The quantitative estimate of drug-likeness (QED) is 0.0257. The monoisotopic (exact) mass is 1870 g/mol. The molecular weight excluding hydrogens is 1740 g/mol. The molecule has 0 aromatic heterocycles. The summed E-state index contributed by atoms with van der Waals surface area (Å²) in [6, 6.07) is 15.3. The van der Waals surface area contributed by atoms with E-state index in [4.69, 9.17) is 38.7 Å². The smallest absolute Gasteiger partial charge is 0.283 e. The fraction of sp³-hybridized carbons (Fsp3) is 0.538. The van der Waals surface area contributed by atoms with Gasteiger partial charge in [-0.05, 0) is 49.9 Å². The van der Waals surface area contributed by atoms with Crippen molar-refractivity contribution in [2.24, 2.45) is 0 Å². The highest BCUT2D eigenvalue weighted by atomic mass is 16.7. The first-order chi connectivity index (χ1) is 66.5. The molecule has 0 spiro atoms. The van der Waals surface area contributed by atoms with Crippen molar-refractivity contribution < 1.29 is 59.1 Å². The van der Waals surface area contributed by atoms with Crippen LogP contribution in [0.5, 0.6) is 46.0 Å². The Balaban J connectivity index is 1.05. The lowest BCUT2D eigenvalue weighted by Gasteiger charge is -2.31. The maximum absolute atomic E-state index is 15.5. The summed E-state index contributed by atoms with van der Waals surface area (Å²) in [5.41, 5.74) is -2.23. The van der Waals surface area contributed by atoms with E-state index in [1.54, 1.807) is 24.3 Å². The van der Waals surface area contributed by atoms with Gasteiger partial charge in [0.2, 0.25) is 0 Å². The summed E-state index contributed by atoms with van der Waals surface area (Å²) < 4.78 is 13.5. The molecule has 8 bridgehead atoms. The third-order valence-corrected chi connectivity index (χ3v) is 28.4. The van der Waals surface area contributed by atoms with Crippen molar-refractivity contribution in [2.45, 2.75) is 334 Å². The van der Waals surface area contributed by atoms with Gasteiger partial charge in [-0.1, -0.05) is 259 Å². The van der Waals surface area contributed by atoms with Gasteiger partial charge in [0.05, 0.1) is 102 Å². The van der Waals surface area contributed by atoms with Crippen LogP contribution < -0.4 is 83.2 Å². The van der Waals surface area contributed by atoms with Gasteiger partial charge in [-0.15, -0.1) is 0 Å². The number of unbranched alkanes of at least 4 members (excludes halogenated alkanes) is 32. The standard InChI is InChI=1S/C104H132N12O20/c1-5-9-13-17-21-25-29-33-37-41-69-73-61-75-70(42-38-34-30-26-22-18-14-10-6-2)77-63-79-72(44-40-36-32-28-24-20-16-12-8-4)80-64-78-71(43-39-35-31-27-23-19-15-11-7-3)76-62-74(69)82-66-84(76)132-112-48-50-114(94-92(112)100(124)107(55-59-119)102(94)126)134-86(78)68-88(80)136-116-52-51-115(95-96(116)104(128)108(56-60-120)103(95)127)135-87(79)67-85(77)133-113-49-47-111(91-93(113)101(125)106(54-58-118)99(91)123)131-83(75)65-81(73)129-109-45-46-110(130-82)90-89(109)97(121)105(53-57-117)98(90)122/h45-52,61-72,117-120H,5-44,53-60H2,1-4H3. The van der Waals surface area contributed by atoms with Crippen LogP contribution in [0.2, 0.25) is 0 Å². The zero-order valence-corrected chi connectivity index (χ0v) is 79.2. The Morgan fingerprint density at radius 3 is 0.463 bits per heavy atom. The molecule has 136 heavy (non-hydrogen) atoms. The van der Waals surface area contributed by atoms with E-state index in [0.717, 1.165) is 224 Å². The van der Waals surface area contributed by atoms with Crippen molar-refractivity contribution in [3.63, 3.8) is 0 Å². The van der Waals surface area contributed by atoms with Crippen LogP contribution in [0.1, 0.15) is 353 Å². The van der Waals surface area contributed by atoms with Crippen molar-refractivity contribution >= 4 is 0 Å². The molecule has 0 radical (unpaired) electrons. The minimum Gasteiger partial charge on any atom is -0.395 e. The molecule has 0 aliphatic carbocycles. The fourth-order valence-corrected chi connectivity index (χ4v) is 21.3. The summed E-state index contributed by atoms with van der Waals surface area (Å²) in [5.74, 6) is -2.35. The molecule has 0 saturated heterocycles. The maximum atomic E-state index is 15.5. The van der Waals surface area contributed by atoms with Gasteiger partial charge in [0.15, 0.2) is 88.8 Å². The molecule has 4 aromatic carbocycles. The number of hydrogen-bond donors (Lipinski definition) is 4. The molecule has 728 valence electrons. The van der Waals surface area contributed by atoms with Crippen molar-refractivity contribution in [1.82, 2.24) is 56.1 Å². The molecule has 0 unspecified atom stereocenters. The average Bonchev–Trinajstić information content (AvgIpc) is 1.20. The zero-order valence-electron chi connectivity index (χ0n) is 79.2. The number of benzene rings is 4. The predicted octanol–water partition coefficient (Wildman–Crippen LogP) is 15.6. The maximum Gasteiger partial charge on any atom is 0.283 e. The van der Waals surface area contributed by atoms with E-state index >= 15 is 38.4 Å². The van der Waals surface area contributed by atoms with Gasteiger partial charge in [0.25, 0.3) is 44.5 Å². The van der Waals surface area contributed by atoms with Crippen molar-refractivity contribution in [3.05, 3.63) is 268 Å². The third kappa shape index (κ3) is 19.3. The largest absolute Gasteiger partial charge is 0.395 e. The first-order valence-corrected chi connectivity index (χ1v) is 50.6. The highest BCUT2D eigenvalue weighted by Gasteiger charge is 2.40. The molecule has 0 amide bonds. The van der Waals surface area contributed by atoms with Crippen molar-refractivity contribution in [2.75, 3.05) is 26.4 Å². The molecular formula is C104H132N12O20. The Morgan fingerprint density at radius 2 is 0.331 bits per heavy atom. The van der Waals surface area contributed by atoms with E-state index in [-0.39, 0.29) is 88.8 Å². The molecule has 0 fully saturated rings. The number of aliphatic hydroxyl groups is 4. The number of rotatable bonds is 48. The van der Waals surface area contributed by atoms with E-state index < -0.39 is 121 Å². The Labute approximate surface area is 786 Å². The summed E-state index contributed by atoms with van der Waals surface area (Å²) in [7, 11) is 0. The van der Waals surface area contributed by atoms with Crippen LogP contribution >= 0.6 is 0 Å². The van der Waals surface area contributed by atoms with Crippen LogP contribution in [0.25, 0.3) is 0 Å².